The van der Waals surface area contributed by atoms with Gasteiger partial charge < -0.3 is 14.6 Å². The average Bonchev–Trinajstić information content (AvgIpc) is 3.28. The normalized spacial score (nSPS) is 19.8. The van der Waals surface area contributed by atoms with Crippen LogP contribution in [0.3, 0.4) is 0 Å². The maximum atomic E-state index is 14.3. The zero-order valence-corrected chi connectivity index (χ0v) is 15.0. The summed E-state index contributed by atoms with van der Waals surface area (Å²) in [7, 11) is 0. The third-order valence-corrected chi connectivity index (χ3v) is 4.69. The van der Waals surface area contributed by atoms with Crippen molar-refractivity contribution in [1.82, 2.24) is 19.9 Å². The molecule has 152 valence electrons. The number of benzene rings is 1. The summed E-state index contributed by atoms with van der Waals surface area (Å²) in [4.78, 5) is 24.5. The van der Waals surface area contributed by atoms with Gasteiger partial charge in [-0.3, -0.25) is 9.78 Å². The van der Waals surface area contributed by atoms with E-state index in [1.165, 1.54) is 23.4 Å². The fourth-order valence-electron chi connectivity index (χ4n) is 3.22. The first kappa shape index (κ1) is 19.3. The number of pyridine rings is 1. The number of H-pyrrole nitrogens is 1. The number of hydrogen-bond acceptors (Lipinski definition) is 4. The highest BCUT2D eigenvalue weighted by Crippen LogP contribution is 2.31. The van der Waals surface area contributed by atoms with Crippen molar-refractivity contribution in [1.29, 1.82) is 0 Å². The van der Waals surface area contributed by atoms with Crippen molar-refractivity contribution in [3.63, 3.8) is 0 Å². The van der Waals surface area contributed by atoms with Crippen molar-refractivity contribution in [2.75, 3.05) is 13.1 Å². The Morgan fingerprint density at radius 2 is 2.10 bits per heavy atom. The lowest BCUT2D eigenvalue weighted by Crippen LogP contribution is -2.30. The van der Waals surface area contributed by atoms with E-state index in [0.29, 0.717) is 11.1 Å². The molecule has 0 saturated carbocycles. The Labute approximate surface area is 162 Å². The Hall–Kier alpha value is -3.01. The molecule has 1 N–H and O–H groups in total. The van der Waals surface area contributed by atoms with Gasteiger partial charge in [-0.25, -0.2) is 9.37 Å². The number of amides is 1. The number of carbonyl (C=O) groups is 1. The smallest absolute Gasteiger partial charge is 0.365 e. The van der Waals surface area contributed by atoms with Crippen LogP contribution in [0.5, 0.6) is 0 Å². The first-order chi connectivity index (χ1) is 13.8. The van der Waals surface area contributed by atoms with Gasteiger partial charge in [0.1, 0.15) is 24.7 Å². The van der Waals surface area contributed by atoms with Crippen LogP contribution < -0.4 is 0 Å². The molecular weight excluding hydrogens is 392 g/mol. The van der Waals surface area contributed by atoms with E-state index >= 15 is 0 Å². The van der Waals surface area contributed by atoms with Gasteiger partial charge in [0.2, 0.25) is 0 Å². The number of carbonyl (C=O) groups excluding carboxylic acids is 1. The van der Waals surface area contributed by atoms with Gasteiger partial charge in [0.25, 0.3) is 5.91 Å². The van der Waals surface area contributed by atoms with Crippen molar-refractivity contribution < 1.29 is 27.1 Å². The predicted molar refractivity (Wildman–Crippen MR) is 94.7 cm³/mol. The SMILES string of the molecule is O=C(c1cccnc1)N1C[C@@H](F)[C@@H](OCc2nc3ccc(C(F)(F)F)cc3[nH]2)C1. The molecule has 10 heteroatoms. The van der Waals surface area contributed by atoms with E-state index in [0.717, 1.165) is 12.1 Å². The highest BCUT2D eigenvalue weighted by Gasteiger charge is 2.37. The van der Waals surface area contributed by atoms with E-state index in [1.54, 1.807) is 12.1 Å². The molecule has 1 saturated heterocycles. The quantitative estimate of drug-likeness (QED) is 0.672. The molecule has 3 heterocycles. The second-order valence-electron chi connectivity index (χ2n) is 6.73. The van der Waals surface area contributed by atoms with Gasteiger partial charge in [-0.2, -0.15) is 13.2 Å². The fourth-order valence-corrected chi connectivity index (χ4v) is 3.22. The highest BCUT2D eigenvalue weighted by atomic mass is 19.4. The van der Waals surface area contributed by atoms with Crippen molar-refractivity contribution in [2.24, 2.45) is 0 Å². The summed E-state index contributed by atoms with van der Waals surface area (Å²) in [6.45, 7) is -0.156. The number of ether oxygens (including phenoxy) is 1. The summed E-state index contributed by atoms with van der Waals surface area (Å²) in [6, 6.07) is 6.40. The van der Waals surface area contributed by atoms with Crippen molar-refractivity contribution in [2.45, 2.75) is 25.1 Å². The van der Waals surface area contributed by atoms with Crippen LogP contribution in [0, 0.1) is 0 Å². The molecule has 1 aliphatic heterocycles. The molecule has 3 aromatic rings. The molecule has 0 aliphatic carbocycles. The zero-order chi connectivity index (χ0) is 20.6. The van der Waals surface area contributed by atoms with E-state index in [2.05, 4.69) is 15.0 Å². The second-order valence-corrected chi connectivity index (χ2v) is 6.73. The lowest BCUT2D eigenvalue weighted by molar-refractivity contribution is -0.137. The van der Waals surface area contributed by atoms with Crippen molar-refractivity contribution in [3.05, 3.63) is 59.7 Å². The number of rotatable bonds is 4. The molecule has 0 unspecified atom stereocenters. The van der Waals surface area contributed by atoms with Gasteiger partial charge in [-0.15, -0.1) is 0 Å². The van der Waals surface area contributed by atoms with E-state index in [4.69, 9.17) is 4.74 Å². The van der Waals surface area contributed by atoms with Crippen LogP contribution in [0.15, 0.2) is 42.7 Å². The molecule has 1 aromatic carbocycles. The Morgan fingerprint density at radius 1 is 1.28 bits per heavy atom. The summed E-state index contributed by atoms with van der Waals surface area (Å²) in [5.41, 5.74) is 0.145. The number of aromatic nitrogens is 3. The number of hydrogen-bond donors (Lipinski definition) is 1. The lowest BCUT2D eigenvalue weighted by atomic mass is 10.2. The average molecular weight is 408 g/mol. The van der Waals surface area contributed by atoms with Gasteiger partial charge in [-0.05, 0) is 30.3 Å². The number of nitrogens with one attached hydrogen (secondary N) is 1. The number of imidazole rings is 1. The van der Waals surface area contributed by atoms with Gasteiger partial charge >= 0.3 is 6.18 Å². The van der Waals surface area contributed by atoms with Gasteiger partial charge in [-0.1, -0.05) is 0 Å². The van der Waals surface area contributed by atoms with Crippen LogP contribution in [0.2, 0.25) is 0 Å². The monoisotopic (exact) mass is 408 g/mol. The third kappa shape index (κ3) is 4.07. The lowest BCUT2D eigenvalue weighted by Gasteiger charge is -2.15. The molecular formula is C19H16F4N4O2. The molecule has 6 nitrogen and oxygen atoms in total. The molecule has 4 rings (SSSR count). The maximum absolute atomic E-state index is 14.3. The molecule has 2 atom stereocenters. The zero-order valence-electron chi connectivity index (χ0n) is 15.0. The molecule has 1 aliphatic rings. The summed E-state index contributed by atoms with van der Waals surface area (Å²) >= 11 is 0. The molecule has 2 aromatic heterocycles. The fraction of sp³-hybridized carbons (Fsp3) is 0.316. The standard InChI is InChI=1S/C19H16F4N4O2/c20-13-8-27(18(28)11-2-1-5-24-7-11)9-16(13)29-10-17-25-14-4-3-12(19(21,22)23)6-15(14)26-17/h1-7,13,16H,8-10H2,(H,25,26)/t13-,16+/m1/s1. The topological polar surface area (TPSA) is 71.1 Å². The molecule has 1 amide bonds. The van der Waals surface area contributed by atoms with Gasteiger partial charge in [0.15, 0.2) is 0 Å². The maximum Gasteiger partial charge on any atom is 0.416 e. The Kier molecular flexibility index (Phi) is 4.95. The number of aromatic amines is 1. The van der Waals surface area contributed by atoms with E-state index < -0.39 is 24.0 Å². The first-order valence-electron chi connectivity index (χ1n) is 8.82. The Balaban J connectivity index is 1.40. The van der Waals surface area contributed by atoms with Crippen LogP contribution in [0.25, 0.3) is 11.0 Å². The van der Waals surface area contributed by atoms with E-state index in [-0.39, 0.29) is 36.9 Å². The van der Waals surface area contributed by atoms with E-state index in [1.807, 2.05) is 0 Å². The number of nitrogens with zero attached hydrogens (tertiary/aromatic N) is 3. The van der Waals surface area contributed by atoms with Crippen LogP contribution in [0.1, 0.15) is 21.7 Å². The minimum atomic E-state index is -4.45. The molecule has 0 bridgehead atoms. The summed E-state index contributed by atoms with van der Waals surface area (Å²) < 4.78 is 58.3. The molecule has 29 heavy (non-hydrogen) atoms. The van der Waals surface area contributed by atoms with E-state index in [9.17, 15) is 22.4 Å². The summed E-state index contributed by atoms with van der Waals surface area (Å²) in [5, 5.41) is 0. The number of halogens is 4. The first-order valence-corrected chi connectivity index (χ1v) is 8.82. The van der Waals surface area contributed by atoms with Gasteiger partial charge in [0, 0.05) is 12.4 Å². The summed E-state index contributed by atoms with van der Waals surface area (Å²) in [5.74, 6) is -0.0566. The minimum Gasteiger partial charge on any atom is -0.365 e. The molecule has 1 fully saturated rings. The number of fused-ring (bicyclic) bond motifs is 1. The van der Waals surface area contributed by atoms with Crippen molar-refractivity contribution >= 4 is 16.9 Å². The van der Waals surface area contributed by atoms with Gasteiger partial charge in [0.05, 0.1) is 35.2 Å². The molecule has 0 spiro atoms. The highest BCUT2D eigenvalue weighted by molar-refractivity contribution is 5.94. The minimum absolute atomic E-state index is 0.0628. The summed E-state index contributed by atoms with van der Waals surface area (Å²) in [6.07, 6.45) is -3.74. The van der Waals surface area contributed by atoms with Crippen LogP contribution in [0.4, 0.5) is 17.6 Å². The predicted octanol–water partition coefficient (Wildman–Crippen LogP) is 3.36. The number of likely N-dealkylation sites (tertiary alicyclic amines) is 1. The Morgan fingerprint density at radius 3 is 2.83 bits per heavy atom. The third-order valence-electron chi connectivity index (χ3n) is 4.69. The van der Waals surface area contributed by atoms with Crippen LogP contribution in [-0.4, -0.2) is 51.1 Å². The number of alkyl halides is 4. The second kappa shape index (κ2) is 7.43. The largest absolute Gasteiger partial charge is 0.416 e. The Bertz CT molecular complexity index is 1020. The van der Waals surface area contributed by atoms with Crippen LogP contribution in [-0.2, 0) is 17.5 Å². The van der Waals surface area contributed by atoms with Crippen LogP contribution >= 0.6 is 0 Å². The molecule has 0 radical (unpaired) electrons. The van der Waals surface area contributed by atoms with Crippen molar-refractivity contribution in [3.8, 4) is 0 Å².